The van der Waals surface area contributed by atoms with E-state index in [-0.39, 0.29) is 5.41 Å². The van der Waals surface area contributed by atoms with E-state index in [4.69, 9.17) is 4.74 Å². The summed E-state index contributed by atoms with van der Waals surface area (Å²) in [6.45, 7) is 9.20. The lowest BCUT2D eigenvalue weighted by Crippen LogP contribution is -2.39. The third-order valence-electron chi connectivity index (χ3n) is 6.32. The van der Waals surface area contributed by atoms with Gasteiger partial charge < -0.3 is 4.74 Å². The van der Waals surface area contributed by atoms with E-state index in [2.05, 4.69) is 20.8 Å². The van der Waals surface area contributed by atoms with Gasteiger partial charge in [-0.3, -0.25) is 4.79 Å². The molecule has 0 amide bonds. The Kier molecular flexibility index (Phi) is 2.97. The smallest absolute Gasteiger partial charge is 0.150 e. The zero-order chi connectivity index (χ0) is 14.5. The second-order valence-electron chi connectivity index (χ2n) is 7.36. The molecule has 1 aromatic rings. The highest BCUT2D eigenvalue weighted by Crippen LogP contribution is 2.66. The number of aryl methyl sites for hydroxylation is 1. The van der Waals surface area contributed by atoms with E-state index >= 15 is 0 Å². The lowest BCUT2D eigenvalue weighted by atomic mass is 9.70. The van der Waals surface area contributed by atoms with E-state index in [9.17, 15) is 4.79 Å². The first-order chi connectivity index (χ1) is 9.38. The fraction of sp³-hybridized carbons (Fsp3) is 0.611. The number of carbonyl (C=O) groups excluding carboxylic acids is 1. The van der Waals surface area contributed by atoms with E-state index in [1.807, 2.05) is 25.1 Å². The van der Waals surface area contributed by atoms with Crippen LogP contribution in [0.15, 0.2) is 18.2 Å². The zero-order valence-corrected chi connectivity index (χ0v) is 12.9. The molecule has 20 heavy (non-hydrogen) atoms. The number of benzene rings is 1. The van der Waals surface area contributed by atoms with Crippen molar-refractivity contribution in [3.05, 3.63) is 29.3 Å². The van der Waals surface area contributed by atoms with Crippen LogP contribution in [0.3, 0.4) is 0 Å². The Morgan fingerprint density at radius 2 is 2.05 bits per heavy atom. The highest BCUT2D eigenvalue weighted by Gasteiger charge is 2.62. The predicted molar refractivity (Wildman–Crippen MR) is 80.2 cm³/mol. The summed E-state index contributed by atoms with van der Waals surface area (Å²) in [7, 11) is 0. The zero-order valence-electron chi connectivity index (χ0n) is 12.9. The van der Waals surface area contributed by atoms with Crippen molar-refractivity contribution >= 4 is 6.29 Å². The van der Waals surface area contributed by atoms with Crippen LogP contribution in [0.2, 0.25) is 0 Å². The van der Waals surface area contributed by atoms with Crippen molar-refractivity contribution in [1.82, 2.24) is 0 Å². The molecule has 3 rings (SSSR count). The van der Waals surface area contributed by atoms with Crippen molar-refractivity contribution in [3.63, 3.8) is 0 Å². The quantitative estimate of drug-likeness (QED) is 0.762. The molecule has 3 unspecified atom stereocenters. The van der Waals surface area contributed by atoms with Crippen LogP contribution >= 0.6 is 0 Å². The van der Waals surface area contributed by atoms with Gasteiger partial charge in [0.05, 0.1) is 0 Å². The molecule has 3 atom stereocenters. The van der Waals surface area contributed by atoms with Gasteiger partial charge in [0.15, 0.2) is 0 Å². The van der Waals surface area contributed by atoms with Gasteiger partial charge in [-0.25, -0.2) is 0 Å². The topological polar surface area (TPSA) is 26.3 Å². The van der Waals surface area contributed by atoms with Crippen molar-refractivity contribution in [2.24, 2.45) is 16.7 Å². The normalized spacial score (nSPS) is 34.2. The van der Waals surface area contributed by atoms with E-state index in [0.29, 0.717) is 17.1 Å². The van der Waals surface area contributed by atoms with Gasteiger partial charge in [0.2, 0.25) is 0 Å². The first-order valence-electron chi connectivity index (χ1n) is 7.61. The molecular formula is C18H24O2. The monoisotopic (exact) mass is 272 g/mol. The van der Waals surface area contributed by atoms with Crippen LogP contribution in [-0.2, 0) is 0 Å². The number of fused-ring (bicyclic) bond motifs is 2. The molecule has 2 aliphatic rings. The van der Waals surface area contributed by atoms with Gasteiger partial charge in [0, 0.05) is 11.0 Å². The molecule has 2 heteroatoms. The molecule has 0 aliphatic heterocycles. The highest BCUT2D eigenvalue weighted by atomic mass is 16.5. The van der Waals surface area contributed by atoms with Gasteiger partial charge in [-0.15, -0.1) is 0 Å². The van der Waals surface area contributed by atoms with E-state index in [1.54, 1.807) is 0 Å². The summed E-state index contributed by atoms with van der Waals surface area (Å²) >= 11 is 0. The highest BCUT2D eigenvalue weighted by molar-refractivity contribution is 5.75. The Bertz CT molecular complexity index is 546. The third kappa shape index (κ3) is 1.73. The van der Waals surface area contributed by atoms with Crippen molar-refractivity contribution in [1.29, 1.82) is 0 Å². The van der Waals surface area contributed by atoms with Gasteiger partial charge in [-0.1, -0.05) is 20.8 Å². The van der Waals surface area contributed by atoms with E-state index in [0.717, 1.165) is 23.5 Å². The first kappa shape index (κ1) is 13.7. The summed E-state index contributed by atoms with van der Waals surface area (Å²) in [5.74, 6) is 1.72. The Morgan fingerprint density at radius 1 is 1.30 bits per heavy atom. The Balaban J connectivity index is 1.85. The molecule has 0 saturated heterocycles. The average Bonchev–Trinajstić information content (AvgIpc) is 2.74. The molecule has 0 heterocycles. The molecule has 0 spiro atoms. The maximum Gasteiger partial charge on any atom is 0.150 e. The van der Waals surface area contributed by atoms with Gasteiger partial charge in [0.25, 0.3) is 0 Å². The molecule has 0 N–H and O–H groups in total. The van der Waals surface area contributed by atoms with Crippen molar-refractivity contribution in [2.45, 2.75) is 53.1 Å². The largest absolute Gasteiger partial charge is 0.490 e. The number of hydrogen-bond donors (Lipinski definition) is 0. The fourth-order valence-electron chi connectivity index (χ4n) is 4.34. The summed E-state index contributed by atoms with van der Waals surface area (Å²) in [5, 5.41) is 0. The molecule has 2 nitrogen and oxygen atoms in total. The van der Waals surface area contributed by atoms with Crippen molar-refractivity contribution in [3.8, 4) is 5.75 Å². The minimum atomic E-state index is 0.271. The summed E-state index contributed by atoms with van der Waals surface area (Å²) in [4.78, 5) is 10.8. The van der Waals surface area contributed by atoms with Crippen LogP contribution in [0.5, 0.6) is 5.75 Å². The number of rotatable bonds is 3. The maximum atomic E-state index is 10.8. The number of aldehydes is 1. The van der Waals surface area contributed by atoms with Crippen LogP contribution in [0.1, 0.15) is 56.0 Å². The molecule has 108 valence electrons. The number of carbonyl (C=O) groups is 1. The van der Waals surface area contributed by atoms with Crippen LogP contribution in [-0.4, -0.2) is 12.4 Å². The fourth-order valence-corrected chi connectivity index (χ4v) is 4.34. The molecule has 1 aromatic carbocycles. The average molecular weight is 272 g/mol. The second kappa shape index (κ2) is 4.34. The van der Waals surface area contributed by atoms with Gasteiger partial charge in [-0.05, 0) is 61.3 Å². The molecular weight excluding hydrogens is 248 g/mol. The molecule has 0 aromatic heterocycles. The lowest BCUT2D eigenvalue weighted by Gasteiger charge is -2.39. The summed E-state index contributed by atoms with van der Waals surface area (Å²) in [5.41, 5.74) is 2.41. The first-order valence-corrected chi connectivity index (χ1v) is 7.61. The molecule has 0 radical (unpaired) electrons. The summed E-state index contributed by atoms with van der Waals surface area (Å²) < 4.78 is 6.36. The number of hydrogen-bond acceptors (Lipinski definition) is 2. The Hall–Kier alpha value is -1.31. The lowest BCUT2D eigenvalue weighted by molar-refractivity contribution is 0.0297. The predicted octanol–water partition coefficient (Wildman–Crippen LogP) is 4.40. The Labute approximate surface area is 121 Å². The summed E-state index contributed by atoms with van der Waals surface area (Å²) in [6.07, 6.45) is 4.96. The third-order valence-corrected chi connectivity index (χ3v) is 6.32. The molecule has 2 fully saturated rings. The van der Waals surface area contributed by atoms with Crippen LogP contribution in [0, 0.1) is 23.7 Å². The molecule has 2 bridgehead atoms. The standard InChI is InChI=1S/C18H24O2/c1-12-9-13(11-19)5-6-15(12)20-16-10-14-7-8-18(16,4)17(14,2)3/h5-6,9,11,14,16H,7-8,10H2,1-4H3. The minimum Gasteiger partial charge on any atom is -0.490 e. The Morgan fingerprint density at radius 3 is 2.55 bits per heavy atom. The van der Waals surface area contributed by atoms with Crippen LogP contribution < -0.4 is 4.74 Å². The van der Waals surface area contributed by atoms with Crippen molar-refractivity contribution < 1.29 is 9.53 Å². The van der Waals surface area contributed by atoms with Gasteiger partial charge in [-0.2, -0.15) is 0 Å². The van der Waals surface area contributed by atoms with Gasteiger partial charge >= 0.3 is 0 Å². The minimum absolute atomic E-state index is 0.271. The second-order valence-corrected chi connectivity index (χ2v) is 7.36. The van der Waals surface area contributed by atoms with Crippen molar-refractivity contribution in [2.75, 3.05) is 0 Å². The summed E-state index contributed by atoms with van der Waals surface area (Å²) in [6, 6.07) is 5.69. The van der Waals surface area contributed by atoms with Crippen LogP contribution in [0.4, 0.5) is 0 Å². The molecule has 2 saturated carbocycles. The van der Waals surface area contributed by atoms with E-state index < -0.39 is 0 Å². The molecule has 2 aliphatic carbocycles. The maximum absolute atomic E-state index is 10.8. The van der Waals surface area contributed by atoms with Gasteiger partial charge in [0.1, 0.15) is 18.1 Å². The SMILES string of the molecule is Cc1cc(C=O)ccc1OC1CC2CCC1(C)C2(C)C. The van der Waals surface area contributed by atoms with E-state index in [1.165, 1.54) is 19.3 Å². The number of ether oxygens (including phenoxy) is 1. The van der Waals surface area contributed by atoms with Crippen LogP contribution in [0.25, 0.3) is 0 Å².